The molecule has 0 radical (unpaired) electrons. The van der Waals surface area contributed by atoms with Crippen LogP contribution < -0.4 is 10.6 Å². The molecule has 0 heterocycles. The maximum atomic E-state index is 13.7. The highest BCUT2D eigenvalue weighted by molar-refractivity contribution is 7.80. The van der Waals surface area contributed by atoms with Crippen LogP contribution in [0.4, 0.5) is 15.8 Å². The number of hydrogen-bond donors (Lipinski definition) is 2. The highest BCUT2D eigenvalue weighted by Crippen LogP contribution is 2.22. The Morgan fingerprint density at radius 3 is 2.40 bits per heavy atom. The molecule has 0 bridgehead atoms. The molecule has 0 saturated carbocycles. The van der Waals surface area contributed by atoms with Crippen molar-refractivity contribution in [1.29, 1.82) is 0 Å². The van der Waals surface area contributed by atoms with Crippen LogP contribution in [0, 0.1) is 19.7 Å². The van der Waals surface area contributed by atoms with E-state index < -0.39 is 5.82 Å². The molecular weight excluding hydrogens is 295 g/mol. The van der Waals surface area contributed by atoms with E-state index in [1.807, 2.05) is 26.0 Å². The van der Waals surface area contributed by atoms with Crippen molar-refractivity contribution in [2.45, 2.75) is 13.8 Å². The Hall–Kier alpha value is -1.65. The number of rotatable bonds is 2. The van der Waals surface area contributed by atoms with Gasteiger partial charge >= 0.3 is 0 Å². The fourth-order valence-corrected chi connectivity index (χ4v) is 2.33. The van der Waals surface area contributed by atoms with Crippen LogP contribution >= 0.6 is 23.8 Å². The van der Waals surface area contributed by atoms with E-state index in [-0.39, 0.29) is 10.7 Å². The Bertz CT molecular complexity index is 638. The summed E-state index contributed by atoms with van der Waals surface area (Å²) >= 11 is 10.9. The fourth-order valence-electron chi connectivity index (χ4n) is 1.93. The van der Waals surface area contributed by atoms with E-state index in [9.17, 15) is 4.39 Å². The van der Waals surface area contributed by atoms with Gasteiger partial charge in [-0.2, -0.15) is 0 Å². The molecule has 0 fully saturated rings. The van der Waals surface area contributed by atoms with Gasteiger partial charge in [0.2, 0.25) is 0 Å². The third kappa shape index (κ3) is 3.68. The summed E-state index contributed by atoms with van der Waals surface area (Å²) in [5.41, 5.74) is 3.37. The van der Waals surface area contributed by atoms with E-state index in [0.717, 1.165) is 16.8 Å². The summed E-state index contributed by atoms with van der Waals surface area (Å²) in [6, 6.07) is 10.7. The molecule has 2 aromatic carbocycles. The number of anilines is 2. The highest BCUT2D eigenvalue weighted by atomic mass is 35.5. The first-order valence-electron chi connectivity index (χ1n) is 6.06. The van der Waals surface area contributed by atoms with Gasteiger partial charge in [-0.05, 0) is 61.5 Å². The minimum Gasteiger partial charge on any atom is -0.332 e. The van der Waals surface area contributed by atoms with E-state index in [0.29, 0.717) is 5.11 Å². The predicted molar refractivity (Wildman–Crippen MR) is 87.2 cm³/mol. The van der Waals surface area contributed by atoms with Crippen LogP contribution in [-0.4, -0.2) is 5.11 Å². The maximum absolute atomic E-state index is 13.7. The molecule has 104 valence electrons. The van der Waals surface area contributed by atoms with Gasteiger partial charge < -0.3 is 10.6 Å². The second kappa shape index (κ2) is 6.20. The van der Waals surface area contributed by atoms with Gasteiger partial charge in [0.15, 0.2) is 10.9 Å². The maximum Gasteiger partial charge on any atom is 0.175 e. The summed E-state index contributed by atoms with van der Waals surface area (Å²) in [5, 5.41) is 6.20. The quantitative estimate of drug-likeness (QED) is 0.771. The van der Waals surface area contributed by atoms with Gasteiger partial charge in [-0.1, -0.05) is 23.7 Å². The van der Waals surface area contributed by atoms with Gasteiger partial charge in [-0.25, -0.2) is 4.39 Å². The predicted octanol–water partition coefficient (Wildman–Crippen LogP) is 4.90. The van der Waals surface area contributed by atoms with Gasteiger partial charge in [0.05, 0.1) is 10.7 Å². The monoisotopic (exact) mass is 308 g/mol. The molecule has 0 unspecified atom stereocenters. The number of aryl methyl sites for hydroxylation is 2. The summed E-state index contributed by atoms with van der Waals surface area (Å²) < 4.78 is 13.7. The van der Waals surface area contributed by atoms with Gasteiger partial charge in [0.25, 0.3) is 0 Å². The lowest BCUT2D eigenvalue weighted by atomic mass is 10.1. The Balaban J connectivity index is 2.11. The topological polar surface area (TPSA) is 24.1 Å². The number of halogens is 2. The first kappa shape index (κ1) is 14.8. The largest absolute Gasteiger partial charge is 0.332 e. The third-order valence-electron chi connectivity index (χ3n) is 2.68. The van der Waals surface area contributed by atoms with Gasteiger partial charge in [-0.15, -0.1) is 0 Å². The van der Waals surface area contributed by atoms with E-state index in [1.165, 1.54) is 6.07 Å². The van der Waals surface area contributed by atoms with E-state index in [2.05, 4.69) is 16.7 Å². The van der Waals surface area contributed by atoms with Crippen LogP contribution in [0.3, 0.4) is 0 Å². The normalized spacial score (nSPS) is 10.2. The average Bonchev–Trinajstić information content (AvgIpc) is 2.33. The molecular formula is C15H14ClFN2S. The molecule has 2 aromatic rings. The zero-order valence-electron chi connectivity index (χ0n) is 11.1. The van der Waals surface area contributed by atoms with Crippen molar-refractivity contribution in [3.8, 4) is 0 Å². The van der Waals surface area contributed by atoms with Crippen molar-refractivity contribution in [3.63, 3.8) is 0 Å². The van der Waals surface area contributed by atoms with Crippen molar-refractivity contribution in [2.24, 2.45) is 0 Å². The first-order chi connectivity index (χ1) is 9.45. The molecule has 20 heavy (non-hydrogen) atoms. The van der Waals surface area contributed by atoms with E-state index >= 15 is 0 Å². The van der Waals surface area contributed by atoms with Crippen LogP contribution in [0.2, 0.25) is 5.02 Å². The van der Waals surface area contributed by atoms with Crippen molar-refractivity contribution in [2.75, 3.05) is 10.6 Å². The number of thiocarbonyl (C=S) groups is 1. The minimum absolute atomic E-state index is 0.0594. The standard InChI is InChI=1S/C15H14ClFN2S/c1-9-6-10(2)8-11(7-9)18-15(20)19-13-5-3-4-12(16)14(13)17/h3-8H,1-2H3,(H2,18,19,20). The third-order valence-corrected chi connectivity index (χ3v) is 3.18. The Morgan fingerprint density at radius 1 is 1.10 bits per heavy atom. The van der Waals surface area contributed by atoms with Crippen molar-refractivity contribution < 1.29 is 4.39 Å². The second-order valence-electron chi connectivity index (χ2n) is 4.56. The SMILES string of the molecule is Cc1cc(C)cc(NC(=S)Nc2cccc(Cl)c2F)c1. The minimum atomic E-state index is -0.515. The van der Waals surface area contributed by atoms with E-state index in [1.54, 1.807) is 12.1 Å². The summed E-state index contributed by atoms with van der Waals surface area (Å²) in [7, 11) is 0. The van der Waals surface area contributed by atoms with Crippen molar-refractivity contribution in [1.82, 2.24) is 0 Å². The smallest absolute Gasteiger partial charge is 0.175 e. The van der Waals surface area contributed by atoms with Gasteiger partial charge in [0, 0.05) is 5.69 Å². The lowest BCUT2D eigenvalue weighted by molar-refractivity contribution is 0.632. The Kier molecular flexibility index (Phi) is 4.57. The zero-order valence-corrected chi connectivity index (χ0v) is 12.7. The highest BCUT2D eigenvalue weighted by Gasteiger charge is 2.07. The molecule has 2 rings (SSSR count). The molecule has 0 saturated heterocycles. The van der Waals surface area contributed by atoms with Gasteiger partial charge in [0.1, 0.15) is 0 Å². The molecule has 0 amide bonds. The van der Waals surface area contributed by atoms with Crippen LogP contribution in [0.25, 0.3) is 0 Å². The Labute approximate surface area is 128 Å². The number of nitrogens with one attached hydrogen (secondary N) is 2. The van der Waals surface area contributed by atoms with Crippen LogP contribution in [-0.2, 0) is 0 Å². The summed E-state index contributed by atoms with van der Waals surface area (Å²) in [6.45, 7) is 4.01. The molecule has 0 aliphatic carbocycles. The second-order valence-corrected chi connectivity index (χ2v) is 5.37. The lowest BCUT2D eigenvalue weighted by Gasteiger charge is -2.12. The van der Waals surface area contributed by atoms with Crippen LogP contribution in [0.5, 0.6) is 0 Å². The molecule has 0 spiro atoms. The zero-order chi connectivity index (χ0) is 14.7. The van der Waals surface area contributed by atoms with Crippen molar-refractivity contribution >= 4 is 40.3 Å². The van der Waals surface area contributed by atoms with E-state index in [4.69, 9.17) is 23.8 Å². The molecule has 5 heteroatoms. The van der Waals surface area contributed by atoms with Gasteiger partial charge in [-0.3, -0.25) is 0 Å². The summed E-state index contributed by atoms with van der Waals surface area (Å²) in [4.78, 5) is 0. The van der Waals surface area contributed by atoms with Crippen LogP contribution in [0.1, 0.15) is 11.1 Å². The summed E-state index contributed by atoms with van der Waals surface area (Å²) in [6.07, 6.45) is 0. The average molecular weight is 309 g/mol. The first-order valence-corrected chi connectivity index (χ1v) is 6.84. The molecule has 0 aromatic heterocycles. The molecule has 0 atom stereocenters. The number of hydrogen-bond acceptors (Lipinski definition) is 1. The molecule has 0 aliphatic heterocycles. The fraction of sp³-hybridized carbons (Fsp3) is 0.133. The molecule has 2 nitrogen and oxygen atoms in total. The number of benzene rings is 2. The Morgan fingerprint density at radius 2 is 1.75 bits per heavy atom. The van der Waals surface area contributed by atoms with Crippen molar-refractivity contribution in [3.05, 3.63) is 58.4 Å². The van der Waals surface area contributed by atoms with Crippen LogP contribution in [0.15, 0.2) is 36.4 Å². The lowest BCUT2D eigenvalue weighted by Crippen LogP contribution is -2.20. The summed E-state index contributed by atoms with van der Waals surface area (Å²) in [5.74, 6) is -0.515. The molecule has 0 aliphatic rings. The molecule has 2 N–H and O–H groups in total.